The number of rotatable bonds is 7. The number of carbonyl (C=O) groups is 2. The molecule has 0 aliphatic heterocycles. The van der Waals surface area contributed by atoms with Crippen molar-refractivity contribution in [1.82, 2.24) is 0 Å². The molecule has 0 saturated heterocycles. The maximum absolute atomic E-state index is 11.9. The Labute approximate surface area is 125 Å². The van der Waals surface area contributed by atoms with Gasteiger partial charge in [-0.3, -0.25) is 9.59 Å². The molecule has 0 saturated carbocycles. The van der Waals surface area contributed by atoms with Crippen molar-refractivity contribution in [3.8, 4) is 0 Å². The number of ether oxygens (including phenoxy) is 1. The average molecular weight is 345 g/mol. The highest BCUT2D eigenvalue weighted by Gasteiger charge is 2.17. The highest BCUT2D eigenvalue weighted by atomic mass is 79.9. The summed E-state index contributed by atoms with van der Waals surface area (Å²) < 4.78 is 5.90. The molecule has 1 atom stereocenters. The Morgan fingerprint density at radius 3 is 2.80 bits per heavy atom. The molecule has 6 nitrogen and oxygen atoms in total. The van der Waals surface area contributed by atoms with E-state index in [1.165, 1.54) is 0 Å². The number of nitrogens with two attached hydrogens (primary N) is 1. The maximum atomic E-state index is 11.9. The van der Waals surface area contributed by atoms with E-state index in [0.717, 1.165) is 10.0 Å². The molecule has 1 rings (SSSR count). The van der Waals surface area contributed by atoms with Crippen molar-refractivity contribution in [2.24, 2.45) is 5.73 Å². The molecule has 0 radical (unpaired) electrons. The molecule has 110 valence electrons. The third-order valence-electron chi connectivity index (χ3n) is 2.67. The van der Waals surface area contributed by atoms with E-state index in [-0.39, 0.29) is 12.8 Å². The summed E-state index contributed by atoms with van der Waals surface area (Å²) in [5.74, 6) is -1.39. The Morgan fingerprint density at radius 1 is 1.50 bits per heavy atom. The first kappa shape index (κ1) is 16.6. The lowest BCUT2D eigenvalue weighted by Gasteiger charge is -2.15. The van der Waals surface area contributed by atoms with Crippen LogP contribution >= 0.6 is 15.9 Å². The van der Waals surface area contributed by atoms with Gasteiger partial charge in [0.1, 0.15) is 0 Å². The summed E-state index contributed by atoms with van der Waals surface area (Å²) in [5.41, 5.74) is 7.05. The second-order valence-electron chi connectivity index (χ2n) is 4.23. The molecule has 1 aromatic rings. The second kappa shape index (κ2) is 7.98. The second-order valence-corrected chi connectivity index (χ2v) is 5.08. The molecule has 0 heterocycles. The number of hydrogen-bond acceptors (Lipinski definition) is 4. The van der Waals surface area contributed by atoms with Gasteiger partial charge in [-0.1, -0.05) is 22.0 Å². The molecule has 0 aromatic heterocycles. The number of aliphatic carboxylic acids is 1. The Morgan fingerprint density at radius 2 is 2.20 bits per heavy atom. The van der Waals surface area contributed by atoms with E-state index in [9.17, 15) is 9.59 Å². The van der Waals surface area contributed by atoms with E-state index < -0.39 is 17.9 Å². The largest absolute Gasteiger partial charge is 0.481 e. The zero-order chi connectivity index (χ0) is 15.1. The van der Waals surface area contributed by atoms with Gasteiger partial charge in [-0.05, 0) is 18.6 Å². The Hall–Kier alpha value is -1.44. The summed E-state index contributed by atoms with van der Waals surface area (Å²) in [4.78, 5) is 22.4. The van der Waals surface area contributed by atoms with E-state index in [1.54, 1.807) is 19.2 Å². The standard InChI is InChI=1S/C13H17BrN2O4/c1-20-7-8-9(14)3-2-4-11(8)16-13(19)10(15)5-6-12(17)18/h2-4,10H,5-7,15H2,1H3,(H,16,19)(H,17,18). The molecule has 1 unspecified atom stereocenters. The fourth-order valence-corrected chi connectivity index (χ4v) is 2.08. The molecular weight excluding hydrogens is 328 g/mol. The number of nitrogens with one attached hydrogen (secondary N) is 1. The van der Waals surface area contributed by atoms with Gasteiger partial charge in [0.25, 0.3) is 0 Å². The molecule has 0 bridgehead atoms. The lowest BCUT2D eigenvalue weighted by atomic mass is 10.1. The summed E-state index contributed by atoms with van der Waals surface area (Å²) in [6.45, 7) is 0.335. The van der Waals surface area contributed by atoms with Gasteiger partial charge < -0.3 is 20.9 Å². The molecule has 0 aliphatic carbocycles. The molecule has 0 aliphatic rings. The number of anilines is 1. The summed E-state index contributed by atoms with van der Waals surface area (Å²) in [6.07, 6.45) is -0.0488. The van der Waals surface area contributed by atoms with E-state index in [1.807, 2.05) is 6.07 Å². The quantitative estimate of drug-likeness (QED) is 0.699. The summed E-state index contributed by atoms with van der Waals surface area (Å²) in [6, 6.07) is 4.50. The summed E-state index contributed by atoms with van der Waals surface area (Å²) in [5, 5.41) is 11.3. The van der Waals surface area contributed by atoms with Crippen LogP contribution in [0.15, 0.2) is 22.7 Å². The van der Waals surface area contributed by atoms with E-state index in [0.29, 0.717) is 12.3 Å². The summed E-state index contributed by atoms with van der Waals surface area (Å²) in [7, 11) is 1.56. The highest BCUT2D eigenvalue weighted by Crippen LogP contribution is 2.25. The highest BCUT2D eigenvalue weighted by molar-refractivity contribution is 9.10. The fraction of sp³-hybridized carbons (Fsp3) is 0.385. The van der Waals surface area contributed by atoms with Crippen LogP contribution in [0.5, 0.6) is 0 Å². The van der Waals surface area contributed by atoms with Crippen molar-refractivity contribution in [1.29, 1.82) is 0 Å². The minimum Gasteiger partial charge on any atom is -0.481 e. The molecule has 1 aromatic carbocycles. The molecule has 4 N–H and O–H groups in total. The van der Waals surface area contributed by atoms with Gasteiger partial charge in [0, 0.05) is 29.3 Å². The van der Waals surface area contributed by atoms with Crippen molar-refractivity contribution >= 4 is 33.5 Å². The van der Waals surface area contributed by atoms with Gasteiger partial charge in [-0.25, -0.2) is 0 Å². The number of hydrogen-bond donors (Lipinski definition) is 3. The van der Waals surface area contributed by atoms with Crippen LogP contribution in [-0.4, -0.2) is 30.1 Å². The Kier molecular flexibility index (Phi) is 6.63. The summed E-state index contributed by atoms with van der Waals surface area (Å²) >= 11 is 3.38. The predicted octanol–water partition coefficient (Wildman–Crippen LogP) is 1.73. The first-order valence-corrected chi connectivity index (χ1v) is 6.79. The predicted molar refractivity (Wildman–Crippen MR) is 78.3 cm³/mol. The molecule has 20 heavy (non-hydrogen) atoms. The smallest absolute Gasteiger partial charge is 0.303 e. The number of halogens is 1. The zero-order valence-electron chi connectivity index (χ0n) is 11.1. The van der Waals surface area contributed by atoms with Crippen LogP contribution in [0.25, 0.3) is 0 Å². The van der Waals surface area contributed by atoms with Crippen molar-refractivity contribution in [3.63, 3.8) is 0 Å². The van der Waals surface area contributed by atoms with Crippen LogP contribution in [0.1, 0.15) is 18.4 Å². The number of carboxylic acid groups (broad SMARTS) is 1. The van der Waals surface area contributed by atoms with E-state index in [2.05, 4.69) is 21.2 Å². The van der Waals surface area contributed by atoms with Crippen molar-refractivity contribution in [2.45, 2.75) is 25.5 Å². The minimum atomic E-state index is -0.976. The van der Waals surface area contributed by atoms with Gasteiger partial charge in [0.15, 0.2) is 0 Å². The van der Waals surface area contributed by atoms with E-state index >= 15 is 0 Å². The topological polar surface area (TPSA) is 102 Å². The first-order chi connectivity index (χ1) is 9.45. The monoisotopic (exact) mass is 344 g/mol. The maximum Gasteiger partial charge on any atom is 0.303 e. The third-order valence-corrected chi connectivity index (χ3v) is 3.41. The lowest BCUT2D eigenvalue weighted by Crippen LogP contribution is -2.36. The number of carbonyl (C=O) groups excluding carboxylic acids is 1. The van der Waals surface area contributed by atoms with Gasteiger partial charge in [-0.2, -0.15) is 0 Å². The first-order valence-electron chi connectivity index (χ1n) is 6.00. The van der Waals surface area contributed by atoms with E-state index in [4.69, 9.17) is 15.6 Å². The van der Waals surface area contributed by atoms with Gasteiger partial charge >= 0.3 is 5.97 Å². The number of methoxy groups -OCH3 is 1. The Balaban J connectivity index is 2.74. The van der Waals surface area contributed by atoms with Crippen molar-refractivity contribution in [3.05, 3.63) is 28.2 Å². The van der Waals surface area contributed by atoms with Crippen molar-refractivity contribution in [2.75, 3.05) is 12.4 Å². The van der Waals surface area contributed by atoms with Crippen molar-refractivity contribution < 1.29 is 19.4 Å². The average Bonchev–Trinajstić information content (AvgIpc) is 2.39. The molecular formula is C13H17BrN2O4. The Bertz CT molecular complexity index is 493. The van der Waals surface area contributed by atoms with Crippen LogP contribution in [0.3, 0.4) is 0 Å². The zero-order valence-corrected chi connectivity index (χ0v) is 12.6. The van der Waals surface area contributed by atoms with Crippen LogP contribution < -0.4 is 11.1 Å². The molecule has 0 spiro atoms. The molecule has 7 heteroatoms. The van der Waals surface area contributed by atoms with Crippen LogP contribution in [0, 0.1) is 0 Å². The van der Waals surface area contributed by atoms with Gasteiger partial charge in [0.2, 0.25) is 5.91 Å². The van der Waals surface area contributed by atoms with Crippen LogP contribution in [0.4, 0.5) is 5.69 Å². The SMILES string of the molecule is COCc1c(Br)cccc1NC(=O)C(N)CCC(=O)O. The fourth-order valence-electron chi connectivity index (χ4n) is 1.60. The number of carboxylic acids is 1. The van der Waals surface area contributed by atoms with Crippen LogP contribution in [-0.2, 0) is 20.9 Å². The minimum absolute atomic E-state index is 0.0920. The van der Waals surface area contributed by atoms with Crippen LogP contribution in [0.2, 0.25) is 0 Å². The normalized spacial score (nSPS) is 11.9. The van der Waals surface area contributed by atoms with Gasteiger partial charge in [0.05, 0.1) is 12.6 Å². The van der Waals surface area contributed by atoms with Gasteiger partial charge in [-0.15, -0.1) is 0 Å². The molecule has 1 amide bonds. The number of amides is 1. The lowest BCUT2D eigenvalue weighted by molar-refractivity contribution is -0.137. The number of benzene rings is 1. The third kappa shape index (κ3) is 4.92. The molecule has 0 fully saturated rings.